The van der Waals surface area contributed by atoms with Gasteiger partial charge in [-0.3, -0.25) is 4.79 Å². The topological polar surface area (TPSA) is 63.2 Å². The fraction of sp³-hybridized carbons (Fsp3) is 0.457. The lowest BCUT2D eigenvalue weighted by atomic mass is 9.99. The summed E-state index contributed by atoms with van der Waals surface area (Å²) in [4.78, 5) is 13.5. The molecule has 1 fully saturated rings. The zero-order chi connectivity index (χ0) is 31.0. The molecule has 0 aromatic heterocycles. The Morgan fingerprint density at radius 2 is 1.35 bits per heavy atom. The van der Waals surface area contributed by atoms with E-state index in [1.807, 2.05) is 60.7 Å². The van der Waals surface area contributed by atoms with Crippen molar-refractivity contribution in [3.05, 3.63) is 102 Å². The number of aryl methyl sites for hydroxylation is 1. The predicted molar refractivity (Wildman–Crippen MR) is 174 cm³/mol. The lowest BCUT2D eigenvalue weighted by Gasteiger charge is -2.46. The van der Waals surface area contributed by atoms with Crippen LogP contribution in [0.2, 0.25) is 18.1 Å². The summed E-state index contributed by atoms with van der Waals surface area (Å²) in [6.07, 6.45) is -2.31. The first-order chi connectivity index (χ1) is 20.4. The zero-order valence-electron chi connectivity index (χ0n) is 26.4. The van der Waals surface area contributed by atoms with Crippen molar-refractivity contribution < 1.29 is 28.2 Å². The van der Waals surface area contributed by atoms with E-state index in [2.05, 4.69) is 65.1 Å². The molecule has 8 heteroatoms. The zero-order valence-corrected chi connectivity index (χ0v) is 28.3. The van der Waals surface area contributed by atoms with Gasteiger partial charge in [-0.2, -0.15) is 0 Å². The van der Waals surface area contributed by atoms with Crippen LogP contribution in [0.1, 0.15) is 44.4 Å². The monoisotopic (exact) mass is 622 g/mol. The van der Waals surface area contributed by atoms with Gasteiger partial charge in [-0.25, -0.2) is 0 Å². The number of esters is 1. The number of thioether (sulfide) groups is 1. The fourth-order valence-corrected chi connectivity index (χ4v) is 6.73. The molecule has 0 radical (unpaired) electrons. The van der Waals surface area contributed by atoms with Crippen molar-refractivity contribution in [2.24, 2.45) is 0 Å². The lowest BCUT2D eigenvalue weighted by Crippen LogP contribution is -2.61. The third kappa shape index (κ3) is 9.51. The summed E-state index contributed by atoms with van der Waals surface area (Å²) in [5.74, 6) is -0.394. The number of carbonyl (C=O) groups is 1. The minimum atomic E-state index is -2.11. The maximum atomic E-state index is 12.5. The quantitative estimate of drug-likeness (QED) is 0.150. The summed E-state index contributed by atoms with van der Waals surface area (Å²) in [5, 5.41) is 0.0294. The van der Waals surface area contributed by atoms with Crippen molar-refractivity contribution in [1.82, 2.24) is 0 Å². The Hall–Kier alpha value is -2.46. The van der Waals surface area contributed by atoms with Gasteiger partial charge in [0.2, 0.25) is 0 Å². The largest absolute Gasteiger partial charge is 0.456 e. The average Bonchev–Trinajstić information content (AvgIpc) is 2.97. The van der Waals surface area contributed by atoms with Gasteiger partial charge in [-0.15, -0.1) is 0 Å². The van der Waals surface area contributed by atoms with E-state index in [9.17, 15) is 4.79 Å². The Kier molecular flexibility index (Phi) is 11.7. The molecule has 0 spiro atoms. The molecule has 1 heterocycles. The molecular weight excluding hydrogens is 577 g/mol. The third-order valence-corrected chi connectivity index (χ3v) is 13.8. The summed E-state index contributed by atoms with van der Waals surface area (Å²) in [7, 11) is -2.11. The van der Waals surface area contributed by atoms with E-state index in [1.54, 1.807) is 0 Å². The highest BCUT2D eigenvalue weighted by Gasteiger charge is 2.51. The van der Waals surface area contributed by atoms with Crippen molar-refractivity contribution >= 4 is 26.0 Å². The SMILES string of the molecule is CC(=O)O[C@H]1[C@@H](OCc2ccccc2)[C@H](OCc2ccccc2)[C@@H](CO[Si](C)(C)C(C)(C)C)O[C@@H]1Sc1ccc(C)cc1. The van der Waals surface area contributed by atoms with Gasteiger partial charge >= 0.3 is 5.97 Å². The molecule has 3 aromatic carbocycles. The Labute approximate surface area is 262 Å². The second kappa shape index (κ2) is 15.0. The molecule has 232 valence electrons. The van der Waals surface area contributed by atoms with Gasteiger partial charge in [0.25, 0.3) is 0 Å². The number of benzene rings is 3. The van der Waals surface area contributed by atoms with E-state index < -0.39 is 44.1 Å². The Balaban J connectivity index is 1.70. The average molecular weight is 623 g/mol. The smallest absolute Gasteiger partial charge is 0.303 e. The Bertz CT molecular complexity index is 1280. The molecule has 1 aliphatic heterocycles. The molecule has 0 N–H and O–H groups in total. The molecule has 0 saturated carbocycles. The van der Waals surface area contributed by atoms with Crippen molar-refractivity contribution in [2.45, 2.75) is 101 Å². The molecule has 43 heavy (non-hydrogen) atoms. The number of hydrogen-bond donors (Lipinski definition) is 0. The van der Waals surface area contributed by atoms with Crippen LogP contribution in [0.5, 0.6) is 0 Å². The molecule has 0 bridgehead atoms. The first kappa shape index (κ1) is 33.4. The van der Waals surface area contributed by atoms with Gasteiger partial charge in [0.15, 0.2) is 14.4 Å². The summed E-state index contributed by atoms with van der Waals surface area (Å²) in [6, 6.07) is 28.3. The molecule has 6 nitrogen and oxygen atoms in total. The van der Waals surface area contributed by atoms with Gasteiger partial charge in [-0.05, 0) is 48.3 Å². The van der Waals surface area contributed by atoms with Gasteiger partial charge in [0, 0.05) is 11.8 Å². The van der Waals surface area contributed by atoms with Crippen LogP contribution < -0.4 is 0 Å². The van der Waals surface area contributed by atoms with Crippen LogP contribution in [-0.4, -0.2) is 50.7 Å². The Morgan fingerprint density at radius 3 is 1.86 bits per heavy atom. The van der Waals surface area contributed by atoms with Gasteiger partial charge < -0.3 is 23.4 Å². The Morgan fingerprint density at radius 1 is 0.814 bits per heavy atom. The van der Waals surface area contributed by atoms with Gasteiger partial charge in [0.05, 0.1) is 19.8 Å². The summed E-state index contributed by atoms with van der Waals surface area (Å²) in [5.41, 5.74) is 2.70. The molecule has 4 rings (SSSR count). The first-order valence-electron chi connectivity index (χ1n) is 14.9. The number of carbonyl (C=O) groups excluding carboxylic acids is 1. The van der Waals surface area contributed by atoms with Crippen molar-refractivity contribution in [1.29, 1.82) is 0 Å². The van der Waals surface area contributed by atoms with E-state index in [0.717, 1.165) is 16.0 Å². The van der Waals surface area contributed by atoms with E-state index in [1.165, 1.54) is 24.2 Å². The number of hydrogen-bond acceptors (Lipinski definition) is 7. The highest BCUT2D eigenvalue weighted by Crippen LogP contribution is 2.40. The lowest BCUT2D eigenvalue weighted by molar-refractivity contribution is -0.245. The fourth-order valence-electron chi connectivity index (χ4n) is 4.61. The van der Waals surface area contributed by atoms with Crippen LogP contribution in [0.4, 0.5) is 0 Å². The van der Waals surface area contributed by atoms with Crippen molar-refractivity contribution in [3.63, 3.8) is 0 Å². The second-order valence-electron chi connectivity index (χ2n) is 12.6. The molecule has 0 unspecified atom stereocenters. The molecule has 0 aliphatic carbocycles. The minimum absolute atomic E-state index is 0.0294. The van der Waals surface area contributed by atoms with E-state index >= 15 is 0 Å². The van der Waals surface area contributed by atoms with Crippen LogP contribution >= 0.6 is 11.8 Å². The molecule has 3 aromatic rings. The van der Waals surface area contributed by atoms with E-state index in [4.69, 9.17) is 23.4 Å². The van der Waals surface area contributed by atoms with Gasteiger partial charge in [0.1, 0.15) is 23.7 Å². The second-order valence-corrected chi connectivity index (χ2v) is 18.6. The molecule has 0 amide bonds. The number of rotatable bonds is 12. The van der Waals surface area contributed by atoms with Crippen LogP contribution in [0.15, 0.2) is 89.8 Å². The third-order valence-electron chi connectivity index (χ3n) is 8.15. The maximum Gasteiger partial charge on any atom is 0.303 e. The van der Waals surface area contributed by atoms with Crippen molar-refractivity contribution in [2.75, 3.05) is 6.61 Å². The molecule has 1 saturated heterocycles. The summed E-state index contributed by atoms with van der Waals surface area (Å²) in [6.45, 7) is 15.7. The summed E-state index contributed by atoms with van der Waals surface area (Å²) < 4.78 is 32.8. The van der Waals surface area contributed by atoms with Crippen LogP contribution in [0, 0.1) is 6.92 Å². The predicted octanol–water partition coefficient (Wildman–Crippen LogP) is 7.94. The highest BCUT2D eigenvalue weighted by molar-refractivity contribution is 7.99. The first-order valence-corrected chi connectivity index (χ1v) is 18.7. The van der Waals surface area contributed by atoms with Crippen LogP contribution in [0.25, 0.3) is 0 Å². The molecule has 5 atom stereocenters. The van der Waals surface area contributed by atoms with Crippen LogP contribution in [-0.2, 0) is 41.4 Å². The number of ether oxygens (including phenoxy) is 4. The minimum Gasteiger partial charge on any atom is -0.456 e. The highest BCUT2D eigenvalue weighted by atomic mass is 32.2. The normalized spacial score (nSPS) is 22.7. The van der Waals surface area contributed by atoms with E-state index in [-0.39, 0.29) is 5.04 Å². The van der Waals surface area contributed by atoms with Gasteiger partial charge in [-0.1, -0.05) is 111 Å². The summed E-state index contributed by atoms with van der Waals surface area (Å²) >= 11 is 1.53. The standard InChI is InChI=1S/C35H46O6SSi/c1-25-18-20-29(21-19-25)42-34-33(40-26(2)36)32(38-23-28-16-12-9-13-17-28)31(37-22-27-14-10-8-11-15-27)30(41-34)24-39-43(6,7)35(3,4)5/h8-21,30-34H,22-24H2,1-7H3/t30-,31-,32+,33+,34-/m1/s1. The molecular formula is C35H46O6SSi. The maximum absolute atomic E-state index is 12.5. The van der Waals surface area contributed by atoms with E-state index in [0.29, 0.717) is 19.8 Å². The van der Waals surface area contributed by atoms with Crippen molar-refractivity contribution in [3.8, 4) is 0 Å². The molecule has 1 aliphatic rings. The van der Waals surface area contributed by atoms with Crippen LogP contribution in [0.3, 0.4) is 0 Å².